The molecule has 1 amide bonds. The molecule has 2 N–H and O–H groups in total. The van der Waals surface area contributed by atoms with Crippen LogP contribution in [0.3, 0.4) is 0 Å². The number of amides is 1. The second-order valence-electron chi connectivity index (χ2n) is 6.65. The average Bonchev–Trinajstić information content (AvgIpc) is 2.61. The van der Waals surface area contributed by atoms with Crippen LogP contribution in [0.4, 0.5) is 5.69 Å². The van der Waals surface area contributed by atoms with Crippen molar-refractivity contribution in [1.82, 2.24) is 9.21 Å². The van der Waals surface area contributed by atoms with E-state index in [2.05, 4.69) is 5.32 Å². The molecule has 0 saturated carbocycles. The minimum Gasteiger partial charge on any atom is -0.481 e. The van der Waals surface area contributed by atoms with Crippen molar-refractivity contribution in [3.63, 3.8) is 0 Å². The molecule has 8 nitrogen and oxygen atoms in total. The third-order valence-electron chi connectivity index (χ3n) is 4.61. The number of piperidine rings is 1. The van der Waals surface area contributed by atoms with Crippen LogP contribution in [0.1, 0.15) is 19.8 Å². The van der Waals surface area contributed by atoms with Gasteiger partial charge in [-0.2, -0.15) is 0 Å². The third-order valence-corrected chi connectivity index (χ3v) is 6.42. The fraction of sp³-hybridized carbons (Fsp3) is 0.529. The molecule has 0 radical (unpaired) electrons. The average molecular weight is 420 g/mol. The Kier molecular flexibility index (Phi) is 8.22. The number of hydrogen-bond donors (Lipinski definition) is 2. The Hall–Kier alpha value is -1.68. The van der Waals surface area contributed by atoms with E-state index in [0.29, 0.717) is 25.2 Å². The molecule has 1 fully saturated rings. The van der Waals surface area contributed by atoms with Gasteiger partial charge in [0.2, 0.25) is 15.9 Å². The van der Waals surface area contributed by atoms with Crippen LogP contribution in [0.25, 0.3) is 0 Å². The van der Waals surface area contributed by atoms with Crippen molar-refractivity contribution >= 4 is 40.0 Å². The predicted molar refractivity (Wildman–Crippen MR) is 105 cm³/mol. The number of aliphatic carboxylic acids is 1. The number of nitrogens with one attached hydrogen (secondary N) is 1. The second kappa shape index (κ2) is 9.50. The molecule has 10 heteroatoms. The number of benzene rings is 1. The number of halogens is 1. The van der Waals surface area contributed by atoms with Gasteiger partial charge < -0.3 is 10.4 Å². The number of likely N-dealkylation sites (tertiary alicyclic amines) is 1. The Balaban J connectivity index is 0.00000364. The molecule has 2 rings (SSSR count). The number of sulfonamides is 1. The summed E-state index contributed by atoms with van der Waals surface area (Å²) in [4.78, 5) is 25.6. The molecule has 1 aliphatic heterocycles. The van der Waals surface area contributed by atoms with Gasteiger partial charge in [0, 0.05) is 26.3 Å². The minimum absolute atomic E-state index is 0. The molecule has 2 unspecified atom stereocenters. The minimum atomic E-state index is -3.59. The first kappa shape index (κ1) is 23.4. The molecule has 1 saturated heterocycles. The Labute approximate surface area is 166 Å². The normalized spacial score (nSPS) is 19.2. The highest BCUT2D eigenvalue weighted by Crippen LogP contribution is 2.21. The largest absolute Gasteiger partial charge is 0.481 e. The Morgan fingerprint density at radius 2 is 2.00 bits per heavy atom. The number of carboxylic acid groups (broad SMARTS) is 1. The van der Waals surface area contributed by atoms with Gasteiger partial charge in [0.25, 0.3) is 0 Å². The summed E-state index contributed by atoms with van der Waals surface area (Å²) in [5.74, 6) is -1.60. The Morgan fingerprint density at radius 1 is 1.33 bits per heavy atom. The van der Waals surface area contributed by atoms with Gasteiger partial charge in [0.15, 0.2) is 0 Å². The van der Waals surface area contributed by atoms with Crippen molar-refractivity contribution in [2.45, 2.75) is 30.7 Å². The quantitative estimate of drug-likeness (QED) is 0.723. The summed E-state index contributed by atoms with van der Waals surface area (Å²) in [5, 5.41) is 11.9. The van der Waals surface area contributed by atoms with Crippen LogP contribution in [0.5, 0.6) is 0 Å². The topological polar surface area (TPSA) is 107 Å². The van der Waals surface area contributed by atoms with E-state index in [1.54, 1.807) is 19.1 Å². The van der Waals surface area contributed by atoms with Crippen LogP contribution in [0, 0.1) is 5.92 Å². The van der Waals surface area contributed by atoms with E-state index in [0.717, 1.165) is 10.7 Å². The predicted octanol–water partition coefficient (Wildman–Crippen LogP) is 1.48. The zero-order chi connectivity index (χ0) is 19.5. The van der Waals surface area contributed by atoms with E-state index in [1.165, 1.54) is 26.2 Å². The number of carbonyl (C=O) groups is 2. The molecule has 27 heavy (non-hydrogen) atoms. The third kappa shape index (κ3) is 5.65. The van der Waals surface area contributed by atoms with E-state index in [-0.39, 0.29) is 23.2 Å². The van der Waals surface area contributed by atoms with Crippen LogP contribution < -0.4 is 5.32 Å². The maximum absolute atomic E-state index is 12.5. The van der Waals surface area contributed by atoms with Crippen molar-refractivity contribution < 1.29 is 23.1 Å². The zero-order valence-corrected chi connectivity index (χ0v) is 17.2. The Bertz CT molecular complexity index is 785. The first-order valence-corrected chi connectivity index (χ1v) is 9.87. The van der Waals surface area contributed by atoms with Crippen molar-refractivity contribution in [2.24, 2.45) is 5.92 Å². The van der Waals surface area contributed by atoms with Gasteiger partial charge in [-0.25, -0.2) is 12.7 Å². The molecule has 1 aromatic rings. The smallest absolute Gasteiger partial charge is 0.307 e. The van der Waals surface area contributed by atoms with Crippen molar-refractivity contribution in [1.29, 1.82) is 0 Å². The summed E-state index contributed by atoms with van der Waals surface area (Å²) >= 11 is 0. The van der Waals surface area contributed by atoms with E-state index in [1.807, 2.05) is 4.90 Å². The second-order valence-corrected chi connectivity index (χ2v) is 8.80. The lowest BCUT2D eigenvalue weighted by molar-refractivity contribution is -0.144. The van der Waals surface area contributed by atoms with Gasteiger partial charge >= 0.3 is 5.97 Å². The Morgan fingerprint density at radius 3 is 2.59 bits per heavy atom. The van der Waals surface area contributed by atoms with E-state index in [9.17, 15) is 23.1 Å². The first-order chi connectivity index (χ1) is 12.1. The number of carboxylic acids is 1. The standard InChI is InChI=1S/C17H25N3O5S.ClH/c1-12(20-9-5-6-13(11-20)17(22)23)16(21)18-14-7-4-8-15(10-14)26(24,25)19(2)3;/h4,7-8,10,12-13H,5-6,9,11H2,1-3H3,(H,18,21)(H,22,23);1H. The van der Waals surface area contributed by atoms with Crippen molar-refractivity contribution in [2.75, 3.05) is 32.5 Å². The van der Waals surface area contributed by atoms with Gasteiger partial charge in [0.1, 0.15) is 0 Å². The molecule has 1 aliphatic rings. The molecule has 1 aromatic carbocycles. The highest BCUT2D eigenvalue weighted by molar-refractivity contribution is 7.89. The molecular weight excluding hydrogens is 394 g/mol. The number of hydrogen-bond acceptors (Lipinski definition) is 5. The first-order valence-electron chi connectivity index (χ1n) is 8.43. The number of anilines is 1. The van der Waals surface area contributed by atoms with E-state index in [4.69, 9.17) is 0 Å². The molecule has 0 aromatic heterocycles. The molecule has 2 atom stereocenters. The summed E-state index contributed by atoms with van der Waals surface area (Å²) < 4.78 is 25.5. The van der Waals surface area contributed by atoms with E-state index >= 15 is 0 Å². The summed E-state index contributed by atoms with van der Waals surface area (Å²) in [7, 11) is -0.702. The molecule has 152 valence electrons. The summed E-state index contributed by atoms with van der Waals surface area (Å²) in [6.45, 7) is 2.71. The molecule has 1 heterocycles. The van der Waals surface area contributed by atoms with Gasteiger partial charge in [-0.05, 0) is 44.5 Å². The lowest BCUT2D eigenvalue weighted by Crippen LogP contribution is -2.48. The number of rotatable bonds is 6. The number of nitrogens with zero attached hydrogens (tertiary/aromatic N) is 2. The maximum Gasteiger partial charge on any atom is 0.307 e. The monoisotopic (exact) mass is 419 g/mol. The fourth-order valence-electron chi connectivity index (χ4n) is 2.92. The fourth-order valence-corrected chi connectivity index (χ4v) is 3.87. The highest BCUT2D eigenvalue weighted by atomic mass is 35.5. The van der Waals surface area contributed by atoms with E-state index < -0.39 is 28.0 Å². The highest BCUT2D eigenvalue weighted by Gasteiger charge is 2.30. The maximum atomic E-state index is 12.5. The van der Waals surface area contributed by atoms with Crippen LogP contribution in [0.2, 0.25) is 0 Å². The summed E-state index contributed by atoms with van der Waals surface area (Å²) in [6.07, 6.45) is 1.34. The number of carbonyl (C=O) groups excluding carboxylic acids is 1. The van der Waals surface area contributed by atoms with Crippen LogP contribution in [0.15, 0.2) is 29.2 Å². The molecule has 0 spiro atoms. The van der Waals surface area contributed by atoms with Crippen molar-refractivity contribution in [3.05, 3.63) is 24.3 Å². The van der Waals surface area contributed by atoms with Crippen LogP contribution in [-0.2, 0) is 19.6 Å². The van der Waals surface area contributed by atoms with Crippen molar-refractivity contribution in [3.8, 4) is 0 Å². The lowest BCUT2D eigenvalue weighted by Gasteiger charge is -2.34. The molecular formula is C17H26ClN3O5S. The SMILES string of the molecule is CC(C(=O)Nc1cccc(S(=O)(=O)N(C)C)c1)N1CCCC(C(=O)O)C1.Cl. The molecule has 0 bridgehead atoms. The zero-order valence-electron chi connectivity index (χ0n) is 15.6. The summed E-state index contributed by atoms with van der Waals surface area (Å²) in [5.41, 5.74) is 0.386. The van der Waals surface area contributed by atoms with Gasteiger partial charge in [-0.3, -0.25) is 14.5 Å². The van der Waals surface area contributed by atoms with Gasteiger partial charge in [-0.1, -0.05) is 6.07 Å². The summed E-state index contributed by atoms with van der Waals surface area (Å²) in [6, 6.07) is 5.56. The van der Waals surface area contributed by atoms with Gasteiger partial charge in [-0.15, -0.1) is 12.4 Å². The van der Waals surface area contributed by atoms with Crippen LogP contribution in [-0.4, -0.2) is 67.8 Å². The molecule has 0 aliphatic carbocycles. The van der Waals surface area contributed by atoms with Gasteiger partial charge in [0.05, 0.1) is 16.9 Å². The van der Waals surface area contributed by atoms with Crippen LogP contribution >= 0.6 is 12.4 Å². The lowest BCUT2D eigenvalue weighted by atomic mass is 9.97.